The van der Waals surface area contributed by atoms with Crippen molar-refractivity contribution in [2.24, 2.45) is 0 Å². The zero-order valence-electron chi connectivity index (χ0n) is 12.7. The third-order valence-electron chi connectivity index (χ3n) is 4.33. The van der Waals surface area contributed by atoms with E-state index >= 15 is 0 Å². The molecule has 1 aliphatic rings. The zero-order valence-corrected chi connectivity index (χ0v) is 12.7. The number of nitrogens with zero attached hydrogens (tertiary/aromatic N) is 2. The highest BCUT2D eigenvalue weighted by atomic mass is 16.5. The first-order chi connectivity index (χ1) is 11.2. The van der Waals surface area contributed by atoms with Gasteiger partial charge >= 0.3 is 0 Å². The van der Waals surface area contributed by atoms with Crippen molar-refractivity contribution >= 4 is 22.6 Å². The van der Waals surface area contributed by atoms with Gasteiger partial charge in [0.2, 0.25) is 5.91 Å². The fourth-order valence-corrected chi connectivity index (χ4v) is 3.13. The molecule has 0 spiro atoms. The summed E-state index contributed by atoms with van der Waals surface area (Å²) in [6.45, 7) is 0. The van der Waals surface area contributed by atoms with E-state index in [1.165, 1.54) is 5.56 Å². The number of aromatic nitrogens is 3. The molecule has 1 aliphatic carbocycles. The highest BCUT2D eigenvalue weighted by Crippen LogP contribution is 2.36. The molecule has 6 nitrogen and oxygen atoms in total. The molecule has 0 fully saturated rings. The molecule has 6 heteroatoms. The Morgan fingerprint density at radius 2 is 2.09 bits per heavy atom. The van der Waals surface area contributed by atoms with Crippen LogP contribution in [0.4, 0.5) is 5.69 Å². The normalized spacial score (nSPS) is 16.3. The summed E-state index contributed by atoms with van der Waals surface area (Å²) in [4.78, 5) is 12.7. The topological polar surface area (TPSA) is 79.9 Å². The third-order valence-corrected chi connectivity index (χ3v) is 4.33. The number of carbonyl (C=O) groups is 1. The van der Waals surface area contributed by atoms with Crippen LogP contribution in [0.25, 0.3) is 11.0 Å². The van der Waals surface area contributed by atoms with Crippen LogP contribution in [-0.2, 0) is 11.2 Å². The van der Waals surface area contributed by atoms with Crippen molar-refractivity contribution in [1.29, 1.82) is 0 Å². The predicted octanol–water partition coefficient (Wildman–Crippen LogP) is 2.64. The summed E-state index contributed by atoms with van der Waals surface area (Å²) in [6, 6.07) is 11.4. The average molecular weight is 308 g/mol. The Balaban J connectivity index is 1.58. The summed E-state index contributed by atoms with van der Waals surface area (Å²) in [5.74, 6) is 0.639. The Kier molecular flexibility index (Phi) is 3.22. The Morgan fingerprint density at radius 3 is 2.96 bits per heavy atom. The number of H-pyrrole nitrogens is 1. The fourth-order valence-electron chi connectivity index (χ4n) is 3.13. The van der Waals surface area contributed by atoms with Gasteiger partial charge in [0.1, 0.15) is 16.8 Å². The van der Waals surface area contributed by atoms with Crippen molar-refractivity contribution < 1.29 is 9.53 Å². The number of amides is 1. The standard InChI is InChI=1S/C17H16N4O2/c1-23-12-5-2-10-3-6-13(14(10)9-12)17(22)18-11-4-7-15-16(8-11)20-21-19-15/h2,4-5,7-9,13H,3,6H2,1H3,(H,18,22)(H,19,20,21). The second kappa shape index (κ2) is 5.39. The molecule has 2 aromatic carbocycles. The maximum atomic E-state index is 12.7. The number of benzene rings is 2. The molecule has 1 amide bonds. The Bertz CT molecular complexity index is 887. The summed E-state index contributed by atoms with van der Waals surface area (Å²) < 4.78 is 5.27. The van der Waals surface area contributed by atoms with E-state index in [-0.39, 0.29) is 11.8 Å². The van der Waals surface area contributed by atoms with Crippen LogP contribution in [-0.4, -0.2) is 28.4 Å². The minimum Gasteiger partial charge on any atom is -0.497 e. The lowest BCUT2D eigenvalue weighted by Crippen LogP contribution is -2.19. The molecule has 0 aliphatic heterocycles. The van der Waals surface area contributed by atoms with E-state index in [0.717, 1.165) is 40.9 Å². The van der Waals surface area contributed by atoms with E-state index in [0.29, 0.717) is 0 Å². The van der Waals surface area contributed by atoms with Gasteiger partial charge in [0.05, 0.1) is 13.0 Å². The maximum absolute atomic E-state index is 12.7. The Labute approximate surface area is 132 Å². The molecule has 3 aromatic rings. The SMILES string of the molecule is COc1ccc2c(c1)C(C(=O)Nc1ccc3n[nH]nc3c1)CC2. The van der Waals surface area contributed by atoms with Gasteiger partial charge in [-0.1, -0.05) is 6.07 Å². The quantitative estimate of drug-likeness (QED) is 0.779. The van der Waals surface area contributed by atoms with Crippen molar-refractivity contribution in [2.45, 2.75) is 18.8 Å². The van der Waals surface area contributed by atoms with Crippen molar-refractivity contribution in [3.63, 3.8) is 0 Å². The molecule has 1 unspecified atom stereocenters. The van der Waals surface area contributed by atoms with Crippen LogP contribution in [0.5, 0.6) is 5.75 Å². The van der Waals surface area contributed by atoms with E-state index in [4.69, 9.17) is 4.74 Å². The van der Waals surface area contributed by atoms with Gasteiger partial charge in [-0.3, -0.25) is 4.79 Å². The van der Waals surface area contributed by atoms with Crippen LogP contribution >= 0.6 is 0 Å². The summed E-state index contributed by atoms with van der Waals surface area (Å²) in [6.07, 6.45) is 1.74. The Hall–Kier alpha value is -2.89. The number of nitrogens with one attached hydrogen (secondary N) is 2. The van der Waals surface area contributed by atoms with Gasteiger partial charge in [-0.15, -0.1) is 0 Å². The number of carbonyl (C=O) groups excluding carboxylic acids is 1. The van der Waals surface area contributed by atoms with Gasteiger partial charge in [-0.05, 0) is 54.3 Å². The first-order valence-corrected chi connectivity index (χ1v) is 7.53. The molecular weight excluding hydrogens is 292 g/mol. The van der Waals surface area contributed by atoms with Crippen molar-refractivity contribution in [2.75, 3.05) is 12.4 Å². The molecule has 1 heterocycles. The van der Waals surface area contributed by atoms with Crippen LogP contribution < -0.4 is 10.1 Å². The summed E-state index contributed by atoms with van der Waals surface area (Å²) >= 11 is 0. The smallest absolute Gasteiger partial charge is 0.231 e. The number of fused-ring (bicyclic) bond motifs is 2. The van der Waals surface area contributed by atoms with Crippen LogP contribution in [0.3, 0.4) is 0 Å². The molecule has 0 bridgehead atoms. The van der Waals surface area contributed by atoms with Crippen molar-refractivity contribution in [3.8, 4) is 5.75 Å². The highest BCUT2D eigenvalue weighted by molar-refractivity contribution is 5.97. The molecule has 0 radical (unpaired) electrons. The average Bonchev–Trinajstić information content (AvgIpc) is 3.20. The molecule has 23 heavy (non-hydrogen) atoms. The van der Waals surface area contributed by atoms with E-state index in [9.17, 15) is 4.79 Å². The van der Waals surface area contributed by atoms with Gasteiger partial charge in [0.15, 0.2) is 0 Å². The third kappa shape index (κ3) is 2.42. The van der Waals surface area contributed by atoms with Crippen LogP contribution in [0.2, 0.25) is 0 Å². The van der Waals surface area contributed by atoms with E-state index in [1.807, 2.05) is 36.4 Å². The second-order valence-corrected chi connectivity index (χ2v) is 5.67. The Morgan fingerprint density at radius 1 is 1.22 bits per heavy atom. The molecule has 4 rings (SSSR count). The number of aryl methyl sites for hydroxylation is 1. The van der Waals surface area contributed by atoms with Crippen LogP contribution in [0, 0.1) is 0 Å². The zero-order chi connectivity index (χ0) is 15.8. The lowest BCUT2D eigenvalue weighted by atomic mass is 10.00. The minimum atomic E-state index is -0.145. The molecule has 0 saturated heterocycles. The monoisotopic (exact) mass is 308 g/mol. The van der Waals surface area contributed by atoms with E-state index < -0.39 is 0 Å². The van der Waals surface area contributed by atoms with Crippen molar-refractivity contribution in [1.82, 2.24) is 15.4 Å². The van der Waals surface area contributed by atoms with E-state index in [1.54, 1.807) is 7.11 Å². The molecule has 116 valence electrons. The number of hydrogen-bond donors (Lipinski definition) is 2. The highest BCUT2D eigenvalue weighted by Gasteiger charge is 2.29. The summed E-state index contributed by atoms with van der Waals surface area (Å²) in [5, 5.41) is 13.6. The molecule has 0 saturated carbocycles. The van der Waals surface area contributed by atoms with Crippen LogP contribution in [0.1, 0.15) is 23.5 Å². The number of methoxy groups -OCH3 is 1. The van der Waals surface area contributed by atoms with Gasteiger partial charge in [0, 0.05) is 5.69 Å². The first kappa shape index (κ1) is 13.8. The van der Waals surface area contributed by atoms with Gasteiger partial charge in [-0.2, -0.15) is 15.4 Å². The second-order valence-electron chi connectivity index (χ2n) is 5.67. The molecular formula is C17H16N4O2. The molecule has 1 atom stereocenters. The van der Waals surface area contributed by atoms with Gasteiger partial charge < -0.3 is 10.1 Å². The summed E-state index contributed by atoms with van der Waals surface area (Å²) in [5.41, 5.74) is 4.52. The first-order valence-electron chi connectivity index (χ1n) is 7.53. The van der Waals surface area contributed by atoms with Crippen LogP contribution in [0.15, 0.2) is 36.4 Å². The van der Waals surface area contributed by atoms with E-state index in [2.05, 4.69) is 20.7 Å². The maximum Gasteiger partial charge on any atom is 0.231 e. The van der Waals surface area contributed by atoms with Gasteiger partial charge in [0.25, 0.3) is 0 Å². The number of anilines is 1. The number of hydrogen-bond acceptors (Lipinski definition) is 4. The lowest BCUT2D eigenvalue weighted by Gasteiger charge is -2.13. The fraction of sp³-hybridized carbons (Fsp3) is 0.235. The summed E-state index contributed by atoms with van der Waals surface area (Å²) in [7, 11) is 1.64. The lowest BCUT2D eigenvalue weighted by molar-refractivity contribution is -0.117. The minimum absolute atomic E-state index is 0.000141. The number of ether oxygens (including phenoxy) is 1. The number of rotatable bonds is 3. The number of aromatic amines is 1. The predicted molar refractivity (Wildman–Crippen MR) is 86.6 cm³/mol. The molecule has 2 N–H and O–H groups in total. The van der Waals surface area contributed by atoms with Gasteiger partial charge in [-0.25, -0.2) is 0 Å². The molecule has 1 aromatic heterocycles. The van der Waals surface area contributed by atoms with Crippen molar-refractivity contribution in [3.05, 3.63) is 47.5 Å². The largest absolute Gasteiger partial charge is 0.497 e.